The second-order valence-electron chi connectivity index (χ2n) is 13.8. The van der Waals surface area contributed by atoms with Gasteiger partial charge in [0.15, 0.2) is 5.82 Å². The molecule has 1 aromatic heterocycles. The molecule has 3 aliphatic rings. The van der Waals surface area contributed by atoms with Crippen LogP contribution in [0.2, 0.25) is 0 Å². The van der Waals surface area contributed by atoms with E-state index in [0.29, 0.717) is 60.3 Å². The lowest BCUT2D eigenvalue weighted by molar-refractivity contribution is -0.137. The van der Waals surface area contributed by atoms with Crippen LogP contribution in [0, 0.1) is 28.6 Å². The molecule has 1 amide bonds. The van der Waals surface area contributed by atoms with Gasteiger partial charge in [0, 0.05) is 44.3 Å². The number of pyridine rings is 1. The summed E-state index contributed by atoms with van der Waals surface area (Å²) in [5.74, 6) is 7.58. The van der Waals surface area contributed by atoms with Crippen LogP contribution in [0.5, 0.6) is 0 Å². The number of Topliss-reactive ketones (excluding diaryl/α,β-unsaturated/α-hetero) is 1. The number of halogens is 3. The van der Waals surface area contributed by atoms with Gasteiger partial charge in [0.05, 0.1) is 23.4 Å². The number of aromatic nitrogens is 1. The quantitative estimate of drug-likeness (QED) is 0.250. The molecule has 3 aromatic rings. The summed E-state index contributed by atoms with van der Waals surface area (Å²) < 4.78 is 40.1. The van der Waals surface area contributed by atoms with Gasteiger partial charge in [-0.1, -0.05) is 50.2 Å². The molecule has 5 nitrogen and oxygen atoms in total. The minimum Gasteiger partial charge on any atom is -0.382 e. The second kappa shape index (κ2) is 13.2. The predicted molar refractivity (Wildman–Crippen MR) is 179 cm³/mol. The van der Waals surface area contributed by atoms with Gasteiger partial charge in [0.25, 0.3) is 0 Å². The normalized spacial score (nSPS) is 23.8. The molecule has 2 heterocycles. The molecule has 8 heteroatoms. The van der Waals surface area contributed by atoms with Crippen LogP contribution in [-0.4, -0.2) is 29.8 Å². The highest BCUT2D eigenvalue weighted by molar-refractivity contribution is 5.97. The molecular weight excluding hydrogens is 599 g/mol. The van der Waals surface area contributed by atoms with Crippen molar-refractivity contribution in [3.63, 3.8) is 0 Å². The molecule has 1 N–H and O–H groups in total. The fourth-order valence-corrected chi connectivity index (χ4v) is 7.75. The van der Waals surface area contributed by atoms with E-state index in [2.05, 4.69) is 31.0 Å². The lowest BCUT2D eigenvalue weighted by Gasteiger charge is -2.27. The SMILES string of the molecule is C[C@@]12CCC#CCC[C@]1(C)C2CC(=O)CCc1ccc(CC(=O)N2CCCCNc3ccc(-c4cccc(C(F)(F)F)c4)nc32)cc1. The van der Waals surface area contributed by atoms with Gasteiger partial charge in [-0.25, -0.2) is 4.98 Å². The van der Waals surface area contributed by atoms with Gasteiger partial charge in [-0.15, -0.1) is 11.8 Å². The van der Waals surface area contributed by atoms with E-state index in [1.54, 1.807) is 23.1 Å². The van der Waals surface area contributed by atoms with Crippen LogP contribution >= 0.6 is 0 Å². The highest BCUT2D eigenvalue weighted by Gasteiger charge is 2.69. The van der Waals surface area contributed by atoms with Gasteiger partial charge in [-0.3, -0.25) is 14.5 Å². The van der Waals surface area contributed by atoms with E-state index < -0.39 is 11.7 Å². The van der Waals surface area contributed by atoms with E-state index in [0.717, 1.165) is 68.3 Å². The Morgan fingerprint density at radius 3 is 2.36 bits per heavy atom. The van der Waals surface area contributed by atoms with Crippen molar-refractivity contribution in [2.75, 3.05) is 23.3 Å². The fraction of sp³-hybridized carbons (Fsp3) is 0.462. The van der Waals surface area contributed by atoms with Crippen molar-refractivity contribution in [1.29, 1.82) is 0 Å². The van der Waals surface area contributed by atoms with Crippen molar-refractivity contribution < 1.29 is 22.8 Å². The average Bonchev–Trinajstić information content (AvgIpc) is 3.46. The summed E-state index contributed by atoms with van der Waals surface area (Å²) in [5.41, 5.74) is 3.00. The number of benzene rings is 2. The molecule has 3 atom stereocenters. The van der Waals surface area contributed by atoms with Gasteiger partial charge < -0.3 is 5.32 Å². The highest BCUT2D eigenvalue weighted by Crippen LogP contribution is 2.74. The third-order valence-electron chi connectivity index (χ3n) is 11.0. The molecule has 0 spiro atoms. The number of amides is 1. The number of nitrogens with zero attached hydrogens (tertiary/aromatic N) is 2. The van der Waals surface area contributed by atoms with Crippen LogP contribution in [0.15, 0.2) is 60.7 Å². The van der Waals surface area contributed by atoms with Crippen molar-refractivity contribution >= 4 is 23.2 Å². The zero-order chi connectivity index (χ0) is 33.2. The molecule has 1 unspecified atom stereocenters. The lowest BCUT2D eigenvalue weighted by Crippen LogP contribution is -2.36. The number of carbonyl (C=O) groups is 2. The third-order valence-corrected chi connectivity index (χ3v) is 11.0. The number of alkyl halides is 3. The van der Waals surface area contributed by atoms with Crippen LogP contribution in [0.25, 0.3) is 11.3 Å². The standard InChI is InChI=1S/C39H42F3N3O2/c1-37-20-5-3-4-6-21-38(37,2)34(37)26-31(46)17-16-27-12-14-28(15-13-27)24-35(47)45-23-8-7-22-43-33-19-18-32(44-36(33)45)29-10-9-11-30(25-29)39(40,41)42/h9-15,18-19,25,34,43H,5-8,16-17,20-24,26H2,1-2H3/t34?,37-,38+. The van der Waals surface area contributed by atoms with Crippen LogP contribution in [0.1, 0.15) is 81.9 Å². The van der Waals surface area contributed by atoms with Crippen LogP contribution in [-0.2, 0) is 28.6 Å². The Kier molecular flexibility index (Phi) is 9.20. The summed E-state index contributed by atoms with van der Waals surface area (Å²) in [6, 6.07) is 16.4. The summed E-state index contributed by atoms with van der Waals surface area (Å²) in [6.45, 7) is 5.87. The van der Waals surface area contributed by atoms with Crippen molar-refractivity contribution in [1.82, 2.24) is 4.98 Å². The van der Waals surface area contributed by atoms with Crippen molar-refractivity contribution in [3.05, 3.63) is 77.4 Å². The summed E-state index contributed by atoms with van der Waals surface area (Å²) in [4.78, 5) is 33.1. The topological polar surface area (TPSA) is 62.3 Å². The number of fused-ring (bicyclic) bond motifs is 2. The van der Waals surface area contributed by atoms with Gasteiger partial charge in [0.1, 0.15) is 5.78 Å². The largest absolute Gasteiger partial charge is 0.416 e. The molecular formula is C39H42F3N3O2. The number of ketones is 1. The smallest absolute Gasteiger partial charge is 0.382 e. The molecule has 47 heavy (non-hydrogen) atoms. The first-order valence-corrected chi connectivity index (χ1v) is 16.8. The van der Waals surface area contributed by atoms with Gasteiger partial charge in [-0.2, -0.15) is 13.2 Å². The first kappa shape index (κ1) is 32.8. The minimum atomic E-state index is -4.46. The van der Waals surface area contributed by atoms with Crippen LogP contribution in [0.3, 0.4) is 0 Å². The fourth-order valence-electron chi connectivity index (χ4n) is 7.75. The maximum Gasteiger partial charge on any atom is 0.416 e. The number of nitrogens with one attached hydrogen (secondary N) is 1. The van der Waals surface area contributed by atoms with Crippen molar-refractivity contribution in [3.8, 4) is 23.1 Å². The molecule has 2 aromatic carbocycles. The molecule has 2 aliphatic carbocycles. The van der Waals surface area contributed by atoms with E-state index in [1.165, 1.54) is 6.07 Å². The molecule has 1 saturated carbocycles. The Morgan fingerprint density at radius 2 is 1.66 bits per heavy atom. The first-order chi connectivity index (χ1) is 22.5. The van der Waals surface area contributed by atoms with Gasteiger partial charge in [-0.05, 0) is 84.2 Å². The van der Waals surface area contributed by atoms with Gasteiger partial charge >= 0.3 is 6.18 Å². The number of hydrogen-bond donors (Lipinski definition) is 1. The van der Waals surface area contributed by atoms with E-state index in [4.69, 9.17) is 4.98 Å². The summed E-state index contributed by atoms with van der Waals surface area (Å²) in [5, 5.41) is 3.33. The van der Waals surface area contributed by atoms with Crippen molar-refractivity contribution in [2.24, 2.45) is 16.7 Å². The Labute approximate surface area is 275 Å². The number of carbonyl (C=O) groups excluding carboxylic acids is 2. The molecule has 0 bridgehead atoms. The Morgan fingerprint density at radius 1 is 0.957 bits per heavy atom. The highest BCUT2D eigenvalue weighted by atomic mass is 19.4. The Balaban J connectivity index is 1.09. The molecule has 1 aliphatic heterocycles. The second-order valence-corrected chi connectivity index (χ2v) is 13.8. The summed E-state index contributed by atoms with van der Waals surface area (Å²) in [7, 11) is 0. The van der Waals surface area contributed by atoms with E-state index in [-0.39, 0.29) is 23.2 Å². The zero-order valence-electron chi connectivity index (χ0n) is 27.2. The molecule has 0 saturated heterocycles. The average molecular weight is 642 g/mol. The Hall–Kier alpha value is -4.12. The van der Waals surface area contributed by atoms with Gasteiger partial charge in [0.2, 0.25) is 5.91 Å². The lowest BCUT2D eigenvalue weighted by atomic mass is 9.87. The first-order valence-electron chi connectivity index (χ1n) is 16.8. The van der Waals surface area contributed by atoms with Crippen LogP contribution in [0.4, 0.5) is 24.7 Å². The molecule has 6 rings (SSSR count). The predicted octanol–water partition coefficient (Wildman–Crippen LogP) is 8.66. The number of hydrogen-bond acceptors (Lipinski definition) is 4. The summed E-state index contributed by atoms with van der Waals surface area (Å²) >= 11 is 0. The Bertz CT molecular complexity index is 1680. The van der Waals surface area contributed by atoms with Crippen molar-refractivity contribution in [2.45, 2.75) is 84.2 Å². The minimum absolute atomic E-state index is 0.128. The molecule has 246 valence electrons. The van der Waals surface area contributed by atoms with Crippen LogP contribution < -0.4 is 10.2 Å². The number of aryl methyl sites for hydroxylation is 1. The maximum atomic E-state index is 13.7. The zero-order valence-corrected chi connectivity index (χ0v) is 27.2. The third kappa shape index (κ3) is 6.95. The van der Waals surface area contributed by atoms with E-state index >= 15 is 0 Å². The summed E-state index contributed by atoms with van der Waals surface area (Å²) in [6.07, 6.45) is 3.14. The van der Waals surface area contributed by atoms with E-state index in [1.807, 2.05) is 24.3 Å². The number of anilines is 2. The molecule has 0 radical (unpaired) electrons. The maximum absolute atomic E-state index is 13.7. The monoisotopic (exact) mass is 641 g/mol. The number of rotatable bonds is 8. The van der Waals surface area contributed by atoms with E-state index in [9.17, 15) is 22.8 Å². The molecule has 1 fully saturated rings.